The van der Waals surface area contributed by atoms with E-state index in [2.05, 4.69) is 10.9 Å². The number of carbonyl (C=O) groups is 2. The third kappa shape index (κ3) is 4.66. The summed E-state index contributed by atoms with van der Waals surface area (Å²) >= 11 is 0. The van der Waals surface area contributed by atoms with Crippen LogP contribution in [0.4, 0.5) is 8.78 Å². The molecule has 7 heteroatoms. The number of halogens is 2. The van der Waals surface area contributed by atoms with Crippen LogP contribution >= 0.6 is 0 Å². The first-order chi connectivity index (χ1) is 13.0. The van der Waals surface area contributed by atoms with Crippen LogP contribution in [0.25, 0.3) is 17.4 Å². The molecule has 3 rings (SSSR count). The highest BCUT2D eigenvalue weighted by Crippen LogP contribution is 2.25. The summed E-state index contributed by atoms with van der Waals surface area (Å²) < 4.78 is 32.0. The predicted octanol–water partition coefficient (Wildman–Crippen LogP) is 3.70. The molecule has 0 saturated heterocycles. The van der Waals surface area contributed by atoms with Gasteiger partial charge in [0.05, 0.1) is 5.56 Å². The molecule has 0 radical (unpaired) electrons. The zero-order chi connectivity index (χ0) is 19.2. The first kappa shape index (κ1) is 18.1. The smallest absolute Gasteiger partial charge is 0.269 e. The van der Waals surface area contributed by atoms with Crippen molar-refractivity contribution in [2.45, 2.75) is 0 Å². The van der Waals surface area contributed by atoms with Gasteiger partial charge in [0.2, 0.25) is 0 Å². The predicted molar refractivity (Wildman–Crippen MR) is 95.1 cm³/mol. The van der Waals surface area contributed by atoms with Crippen LogP contribution in [0.5, 0.6) is 0 Å². The molecular weight excluding hydrogens is 354 g/mol. The molecule has 0 fully saturated rings. The van der Waals surface area contributed by atoms with E-state index in [0.717, 1.165) is 18.2 Å². The monoisotopic (exact) mass is 368 g/mol. The third-order valence-corrected chi connectivity index (χ3v) is 3.57. The van der Waals surface area contributed by atoms with E-state index in [0.29, 0.717) is 17.1 Å². The molecular formula is C20H14F2N2O3. The Balaban J connectivity index is 1.57. The van der Waals surface area contributed by atoms with Crippen molar-refractivity contribution in [3.8, 4) is 11.3 Å². The van der Waals surface area contributed by atoms with Crippen molar-refractivity contribution in [1.29, 1.82) is 0 Å². The van der Waals surface area contributed by atoms with E-state index >= 15 is 0 Å². The number of rotatable bonds is 4. The molecule has 27 heavy (non-hydrogen) atoms. The van der Waals surface area contributed by atoms with Gasteiger partial charge in [0.15, 0.2) is 0 Å². The van der Waals surface area contributed by atoms with Crippen LogP contribution in [0.2, 0.25) is 0 Å². The molecule has 2 N–H and O–H groups in total. The van der Waals surface area contributed by atoms with Crippen LogP contribution in [0.1, 0.15) is 16.1 Å². The molecule has 136 valence electrons. The Bertz CT molecular complexity index is 994. The second-order valence-corrected chi connectivity index (χ2v) is 5.47. The lowest BCUT2D eigenvalue weighted by atomic mass is 10.1. The Morgan fingerprint density at radius 1 is 0.889 bits per heavy atom. The molecule has 5 nitrogen and oxygen atoms in total. The van der Waals surface area contributed by atoms with Crippen LogP contribution in [0.3, 0.4) is 0 Å². The lowest BCUT2D eigenvalue weighted by molar-refractivity contribution is -0.117. The molecule has 0 aliphatic rings. The fourth-order valence-corrected chi connectivity index (χ4v) is 2.24. The van der Waals surface area contributed by atoms with Crippen LogP contribution in [-0.2, 0) is 4.79 Å². The summed E-state index contributed by atoms with van der Waals surface area (Å²) in [6.07, 6.45) is 2.53. The van der Waals surface area contributed by atoms with Gasteiger partial charge in [0.25, 0.3) is 11.8 Å². The van der Waals surface area contributed by atoms with Gasteiger partial charge in [-0.2, -0.15) is 0 Å². The summed E-state index contributed by atoms with van der Waals surface area (Å²) in [6, 6.07) is 14.2. The van der Waals surface area contributed by atoms with Crippen molar-refractivity contribution in [2.24, 2.45) is 0 Å². The standard InChI is InChI=1S/C20H14F2N2O3/c21-14-7-5-13(6-8-14)20(26)24-23-19(25)12-10-15-9-11-18(27-15)16-3-1-2-4-17(16)22/h1-12H,(H,23,25)(H,24,26)/b12-10+. The summed E-state index contributed by atoms with van der Waals surface area (Å²) in [6.45, 7) is 0. The van der Waals surface area contributed by atoms with Gasteiger partial charge in [0.1, 0.15) is 23.2 Å². The molecule has 0 atom stereocenters. The van der Waals surface area contributed by atoms with Crippen molar-refractivity contribution >= 4 is 17.9 Å². The zero-order valence-electron chi connectivity index (χ0n) is 13.9. The maximum absolute atomic E-state index is 13.7. The van der Waals surface area contributed by atoms with Crippen LogP contribution in [-0.4, -0.2) is 11.8 Å². The molecule has 0 bridgehead atoms. The van der Waals surface area contributed by atoms with Gasteiger partial charge in [-0.15, -0.1) is 0 Å². The molecule has 0 unspecified atom stereocenters. The molecule has 0 aliphatic carbocycles. The molecule has 2 amide bonds. The van der Waals surface area contributed by atoms with Gasteiger partial charge in [-0.3, -0.25) is 20.4 Å². The third-order valence-electron chi connectivity index (χ3n) is 3.57. The Labute approximate surface area is 153 Å². The number of furan rings is 1. The van der Waals surface area contributed by atoms with E-state index in [1.54, 1.807) is 30.3 Å². The topological polar surface area (TPSA) is 71.3 Å². The second-order valence-electron chi connectivity index (χ2n) is 5.47. The first-order valence-electron chi connectivity index (χ1n) is 7.91. The highest BCUT2D eigenvalue weighted by molar-refractivity contribution is 5.97. The Kier molecular flexibility index (Phi) is 5.41. The normalized spacial score (nSPS) is 10.7. The van der Waals surface area contributed by atoms with Crippen molar-refractivity contribution in [3.63, 3.8) is 0 Å². The minimum Gasteiger partial charge on any atom is -0.457 e. The van der Waals surface area contributed by atoms with E-state index in [1.807, 2.05) is 0 Å². The molecule has 1 heterocycles. The lowest BCUT2D eigenvalue weighted by Crippen LogP contribution is -2.40. The van der Waals surface area contributed by atoms with Crippen molar-refractivity contribution < 1.29 is 22.8 Å². The van der Waals surface area contributed by atoms with Crippen LogP contribution in [0, 0.1) is 11.6 Å². The zero-order valence-corrected chi connectivity index (χ0v) is 13.9. The lowest BCUT2D eigenvalue weighted by Gasteiger charge is -2.04. The SMILES string of the molecule is O=C(/C=C/c1ccc(-c2ccccc2F)o1)NNC(=O)c1ccc(F)cc1. The second kappa shape index (κ2) is 8.09. The van der Waals surface area contributed by atoms with E-state index in [9.17, 15) is 18.4 Å². The number of hydrogen-bond donors (Lipinski definition) is 2. The highest BCUT2D eigenvalue weighted by Gasteiger charge is 2.09. The van der Waals surface area contributed by atoms with Gasteiger partial charge >= 0.3 is 0 Å². The number of benzene rings is 2. The summed E-state index contributed by atoms with van der Waals surface area (Å²) in [5.41, 5.74) is 4.90. The van der Waals surface area contributed by atoms with Gasteiger partial charge in [-0.05, 0) is 54.6 Å². The Hall–Kier alpha value is -3.74. The Morgan fingerprint density at radius 3 is 2.37 bits per heavy atom. The Morgan fingerprint density at radius 2 is 1.63 bits per heavy atom. The van der Waals surface area contributed by atoms with Crippen LogP contribution < -0.4 is 10.9 Å². The molecule has 0 spiro atoms. The van der Waals surface area contributed by atoms with Gasteiger partial charge < -0.3 is 4.42 Å². The molecule has 0 saturated carbocycles. The van der Waals surface area contributed by atoms with Crippen molar-refractivity contribution in [1.82, 2.24) is 10.9 Å². The fourth-order valence-electron chi connectivity index (χ4n) is 2.24. The van der Waals surface area contributed by atoms with Crippen molar-refractivity contribution in [2.75, 3.05) is 0 Å². The summed E-state index contributed by atoms with van der Waals surface area (Å²) in [5, 5.41) is 0. The molecule has 1 aromatic heterocycles. The maximum atomic E-state index is 13.7. The van der Waals surface area contributed by atoms with Gasteiger partial charge in [-0.25, -0.2) is 8.78 Å². The molecule has 2 aromatic carbocycles. The maximum Gasteiger partial charge on any atom is 0.269 e. The fraction of sp³-hybridized carbons (Fsp3) is 0. The molecule has 0 aliphatic heterocycles. The number of carbonyl (C=O) groups excluding carboxylic acids is 2. The van der Waals surface area contributed by atoms with Crippen molar-refractivity contribution in [3.05, 3.63) is 89.7 Å². The van der Waals surface area contributed by atoms with E-state index in [4.69, 9.17) is 4.42 Å². The van der Waals surface area contributed by atoms with E-state index in [1.165, 1.54) is 24.3 Å². The van der Waals surface area contributed by atoms with E-state index in [-0.39, 0.29) is 5.56 Å². The van der Waals surface area contributed by atoms with Gasteiger partial charge in [0, 0.05) is 11.6 Å². The average molecular weight is 368 g/mol. The van der Waals surface area contributed by atoms with Crippen LogP contribution in [0.15, 0.2) is 71.2 Å². The number of hydrazine groups is 1. The summed E-state index contributed by atoms with van der Waals surface area (Å²) in [4.78, 5) is 23.6. The number of amides is 2. The minimum absolute atomic E-state index is 0.196. The summed E-state index contributed by atoms with van der Waals surface area (Å²) in [7, 11) is 0. The van der Waals surface area contributed by atoms with Gasteiger partial charge in [-0.1, -0.05) is 12.1 Å². The number of nitrogens with one attached hydrogen (secondary N) is 2. The van der Waals surface area contributed by atoms with E-state index < -0.39 is 23.4 Å². The minimum atomic E-state index is -0.602. The largest absolute Gasteiger partial charge is 0.457 e. The number of hydrogen-bond acceptors (Lipinski definition) is 3. The first-order valence-corrected chi connectivity index (χ1v) is 7.91. The summed E-state index contributed by atoms with van der Waals surface area (Å²) in [5.74, 6) is -1.40. The average Bonchev–Trinajstić information content (AvgIpc) is 3.14. The molecule has 3 aromatic rings. The quantitative estimate of drug-likeness (QED) is 0.545. The highest BCUT2D eigenvalue weighted by atomic mass is 19.1.